The molecule has 1 heterocycles. The smallest absolute Gasteiger partial charge is 0.317 e. The summed E-state index contributed by atoms with van der Waals surface area (Å²) in [5.74, 6) is 1.30. The Bertz CT molecular complexity index is 797. The van der Waals surface area contributed by atoms with E-state index >= 15 is 0 Å². The van der Waals surface area contributed by atoms with Crippen molar-refractivity contribution in [2.45, 2.75) is 45.1 Å². The van der Waals surface area contributed by atoms with Gasteiger partial charge in [0.25, 0.3) is 0 Å². The molecule has 0 bridgehead atoms. The molecule has 0 saturated heterocycles. The Morgan fingerprint density at radius 2 is 2.08 bits per heavy atom. The summed E-state index contributed by atoms with van der Waals surface area (Å²) in [7, 11) is 3.46. The molecular weight excluding hydrogens is 352 g/mol. The second-order valence-electron chi connectivity index (χ2n) is 7.18. The van der Waals surface area contributed by atoms with Crippen molar-refractivity contribution in [3.8, 4) is 5.69 Å². The second kappa shape index (κ2) is 7.23. The van der Waals surface area contributed by atoms with Crippen molar-refractivity contribution in [1.82, 2.24) is 30.4 Å². The van der Waals surface area contributed by atoms with E-state index in [2.05, 4.69) is 27.8 Å². The van der Waals surface area contributed by atoms with Gasteiger partial charge in [-0.25, -0.2) is 4.79 Å². The first-order valence-electron chi connectivity index (χ1n) is 8.90. The number of nitrogens with zero attached hydrogens (tertiary/aromatic N) is 5. The highest BCUT2D eigenvalue weighted by molar-refractivity contribution is 6.31. The lowest BCUT2D eigenvalue weighted by Gasteiger charge is -2.44. The van der Waals surface area contributed by atoms with Gasteiger partial charge in [-0.05, 0) is 66.6 Å². The molecule has 1 aliphatic rings. The standard InChI is InChI=1S/C18H25ClN6O/c1-12-7-9-18(10-8-12,24(4)17(26)20-3)16-21-22-23-25(16)14-6-5-13(2)15(19)11-14/h5-6,11-12H,7-10H2,1-4H3,(H,20,26). The van der Waals surface area contributed by atoms with Gasteiger partial charge in [0, 0.05) is 19.1 Å². The van der Waals surface area contributed by atoms with Gasteiger partial charge >= 0.3 is 6.03 Å². The molecule has 0 aliphatic heterocycles. The molecule has 7 nitrogen and oxygen atoms in total. The van der Waals surface area contributed by atoms with Crippen molar-refractivity contribution in [2.75, 3.05) is 14.1 Å². The molecule has 26 heavy (non-hydrogen) atoms. The fraction of sp³-hybridized carbons (Fsp3) is 0.556. The van der Waals surface area contributed by atoms with Crippen molar-refractivity contribution in [2.24, 2.45) is 5.92 Å². The van der Waals surface area contributed by atoms with Gasteiger partial charge in [-0.2, -0.15) is 4.68 Å². The van der Waals surface area contributed by atoms with Crippen LogP contribution in [-0.2, 0) is 5.54 Å². The van der Waals surface area contributed by atoms with Gasteiger partial charge in [0.1, 0.15) is 5.54 Å². The number of rotatable bonds is 3. The van der Waals surface area contributed by atoms with Gasteiger partial charge in [0.15, 0.2) is 5.82 Å². The monoisotopic (exact) mass is 376 g/mol. The normalized spacial score (nSPS) is 22.9. The largest absolute Gasteiger partial charge is 0.341 e. The Labute approximate surface area is 158 Å². The van der Waals surface area contributed by atoms with Crippen LogP contribution in [0.4, 0.5) is 4.79 Å². The third-order valence-corrected chi connectivity index (χ3v) is 5.95. The first-order valence-corrected chi connectivity index (χ1v) is 9.28. The number of urea groups is 1. The lowest BCUT2D eigenvalue weighted by atomic mass is 9.75. The summed E-state index contributed by atoms with van der Waals surface area (Å²) in [6.07, 6.45) is 3.67. The van der Waals surface area contributed by atoms with Crippen molar-refractivity contribution in [1.29, 1.82) is 0 Å². The highest BCUT2D eigenvalue weighted by atomic mass is 35.5. The molecule has 0 spiro atoms. The van der Waals surface area contributed by atoms with Crippen LogP contribution in [0.5, 0.6) is 0 Å². The van der Waals surface area contributed by atoms with E-state index in [1.165, 1.54) is 0 Å². The minimum Gasteiger partial charge on any atom is -0.341 e. The molecule has 0 radical (unpaired) electrons. The van der Waals surface area contributed by atoms with Crippen LogP contribution in [0.1, 0.15) is 44.0 Å². The maximum absolute atomic E-state index is 12.5. The number of hydrogen-bond donors (Lipinski definition) is 1. The van der Waals surface area contributed by atoms with E-state index in [1.54, 1.807) is 16.6 Å². The lowest BCUT2D eigenvalue weighted by molar-refractivity contribution is 0.0732. The summed E-state index contributed by atoms with van der Waals surface area (Å²) < 4.78 is 1.71. The zero-order valence-corrected chi connectivity index (χ0v) is 16.4. The summed E-state index contributed by atoms with van der Waals surface area (Å²) in [5.41, 5.74) is 1.24. The van der Waals surface area contributed by atoms with Crippen LogP contribution >= 0.6 is 11.6 Å². The molecule has 0 atom stereocenters. The molecule has 8 heteroatoms. The minimum absolute atomic E-state index is 0.143. The number of amides is 2. The van der Waals surface area contributed by atoms with Gasteiger partial charge in [0.05, 0.1) is 5.69 Å². The summed E-state index contributed by atoms with van der Waals surface area (Å²) in [4.78, 5) is 14.2. The van der Waals surface area contributed by atoms with Crippen LogP contribution in [0.15, 0.2) is 18.2 Å². The van der Waals surface area contributed by atoms with E-state index in [9.17, 15) is 4.79 Å². The van der Waals surface area contributed by atoms with E-state index in [-0.39, 0.29) is 6.03 Å². The highest BCUT2D eigenvalue weighted by Gasteiger charge is 2.46. The molecule has 3 rings (SSSR count). The van der Waals surface area contributed by atoms with E-state index in [0.29, 0.717) is 16.8 Å². The number of carbonyl (C=O) groups is 1. The van der Waals surface area contributed by atoms with Crippen LogP contribution in [0.3, 0.4) is 0 Å². The lowest BCUT2D eigenvalue weighted by Crippen LogP contribution is -2.53. The maximum atomic E-state index is 12.5. The maximum Gasteiger partial charge on any atom is 0.317 e. The van der Waals surface area contributed by atoms with Crippen LogP contribution < -0.4 is 5.32 Å². The Morgan fingerprint density at radius 1 is 1.38 bits per heavy atom. The number of hydrogen-bond acceptors (Lipinski definition) is 4. The third kappa shape index (κ3) is 3.16. The van der Waals surface area contributed by atoms with Gasteiger partial charge in [-0.1, -0.05) is 24.6 Å². The average molecular weight is 377 g/mol. The Hall–Kier alpha value is -2.15. The summed E-state index contributed by atoms with van der Waals surface area (Å²) in [6, 6.07) is 5.60. The summed E-state index contributed by atoms with van der Waals surface area (Å²) >= 11 is 6.30. The summed E-state index contributed by atoms with van der Waals surface area (Å²) in [6.45, 7) is 4.20. The van der Waals surface area contributed by atoms with E-state index in [1.807, 2.05) is 32.2 Å². The zero-order valence-electron chi connectivity index (χ0n) is 15.7. The topological polar surface area (TPSA) is 75.9 Å². The van der Waals surface area contributed by atoms with E-state index in [4.69, 9.17) is 11.6 Å². The fourth-order valence-corrected chi connectivity index (χ4v) is 3.85. The van der Waals surface area contributed by atoms with E-state index in [0.717, 1.165) is 36.9 Å². The number of aryl methyl sites for hydroxylation is 1. The predicted octanol–water partition coefficient (Wildman–Crippen LogP) is 3.30. The quantitative estimate of drug-likeness (QED) is 0.891. The Morgan fingerprint density at radius 3 is 2.69 bits per heavy atom. The fourth-order valence-electron chi connectivity index (χ4n) is 3.68. The van der Waals surface area contributed by atoms with Crippen molar-refractivity contribution in [3.63, 3.8) is 0 Å². The van der Waals surface area contributed by atoms with Crippen molar-refractivity contribution >= 4 is 17.6 Å². The molecule has 1 aromatic heterocycles. The van der Waals surface area contributed by atoms with Crippen LogP contribution in [-0.4, -0.2) is 45.2 Å². The number of halogens is 1. The van der Waals surface area contributed by atoms with Gasteiger partial charge < -0.3 is 10.2 Å². The molecule has 1 saturated carbocycles. The minimum atomic E-state index is -0.548. The third-order valence-electron chi connectivity index (χ3n) is 5.55. The summed E-state index contributed by atoms with van der Waals surface area (Å²) in [5, 5.41) is 15.8. The Balaban J connectivity index is 2.10. The van der Waals surface area contributed by atoms with Crippen molar-refractivity contribution in [3.05, 3.63) is 34.6 Å². The van der Waals surface area contributed by atoms with Gasteiger partial charge in [-0.3, -0.25) is 0 Å². The number of tetrazole rings is 1. The molecule has 1 fully saturated rings. The SMILES string of the molecule is CNC(=O)N(C)C1(c2nnnn2-c2ccc(C)c(Cl)c2)CCC(C)CC1. The van der Waals surface area contributed by atoms with E-state index < -0.39 is 5.54 Å². The molecule has 2 aromatic rings. The Kier molecular flexibility index (Phi) is 5.18. The molecule has 1 aliphatic carbocycles. The van der Waals surface area contributed by atoms with Crippen LogP contribution in [0, 0.1) is 12.8 Å². The first kappa shape index (κ1) is 18.6. The highest BCUT2D eigenvalue weighted by Crippen LogP contribution is 2.43. The zero-order chi connectivity index (χ0) is 18.9. The van der Waals surface area contributed by atoms with Gasteiger partial charge in [-0.15, -0.1) is 5.10 Å². The molecule has 2 amide bonds. The molecular formula is C18H25ClN6O. The number of carbonyl (C=O) groups excluding carboxylic acids is 1. The number of nitrogens with one attached hydrogen (secondary N) is 1. The van der Waals surface area contributed by atoms with Crippen LogP contribution in [0.25, 0.3) is 5.69 Å². The number of benzene rings is 1. The van der Waals surface area contributed by atoms with Crippen LogP contribution in [0.2, 0.25) is 5.02 Å². The van der Waals surface area contributed by atoms with Gasteiger partial charge in [0.2, 0.25) is 0 Å². The molecule has 140 valence electrons. The predicted molar refractivity (Wildman–Crippen MR) is 100 cm³/mol. The average Bonchev–Trinajstić information content (AvgIpc) is 3.14. The van der Waals surface area contributed by atoms with Crippen molar-refractivity contribution < 1.29 is 4.79 Å². The first-order chi connectivity index (χ1) is 12.4. The number of aromatic nitrogens is 4. The molecule has 1 aromatic carbocycles. The second-order valence-corrected chi connectivity index (χ2v) is 7.58. The molecule has 0 unspecified atom stereocenters. The molecule has 1 N–H and O–H groups in total.